The molecule has 6 heteroatoms. The Kier molecular flexibility index (Phi) is 6.77. The second-order valence-corrected chi connectivity index (χ2v) is 5.27. The molecule has 0 fully saturated rings. The van der Waals surface area contributed by atoms with Gasteiger partial charge in [0.25, 0.3) is 0 Å². The third-order valence-electron chi connectivity index (χ3n) is 1.93. The Morgan fingerprint density at radius 2 is 2.12 bits per heavy atom. The number of hydrogen-bond donors (Lipinski definition) is 0. The second-order valence-electron chi connectivity index (χ2n) is 3.18. The van der Waals surface area contributed by atoms with E-state index in [4.69, 9.17) is 6.42 Å². The molecular formula is C10H17NO4S. The zero-order chi connectivity index (χ0) is 12.6. The molecule has 0 spiro atoms. The molecule has 0 saturated heterocycles. The van der Waals surface area contributed by atoms with E-state index in [1.165, 1.54) is 11.4 Å². The van der Waals surface area contributed by atoms with Crippen molar-refractivity contribution < 1.29 is 17.9 Å². The van der Waals surface area contributed by atoms with Crippen LogP contribution in [-0.4, -0.2) is 44.6 Å². The summed E-state index contributed by atoms with van der Waals surface area (Å²) in [5, 5.41) is 0. The van der Waals surface area contributed by atoms with E-state index in [0.717, 1.165) is 0 Å². The lowest BCUT2D eigenvalue weighted by Crippen LogP contribution is -2.34. The van der Waals surface area contributed by atoms with Crippen LogP contribution in [-0.2, 0) is 19.6 Å². The van der Waals surface area contributed by atoms with Gasteiger partial charge in [0, 0.05) is 6.54 Å². The van der Waals surface area contributed by atoms with Crippen LogP contribution in [0, 0.1) is 12.3 Å². The molecule has 0 amide bonds. The van der Waals surface area contributed by atoms with Gasteiger partial charge >= 0.3 is 5.97 Å². The molecule has 0 N–H and O–H groups in total. The number of nitrogens with zero attached hydrogens (tertiary/aromatic N) is 1. The van der Waals surface area contributed by atoms with Crippen LogP contribution in [0.3, 0.4) is 0 Å². The lowest BCUT2D eigenvalue weighted by molar-refractivity contribution is -0.140. The van der Waals surface area contributed by atoms with Crippen molar-refractivity contribution in [3.8, 4) is 12.3 Å². The topological polar surface area (TPSA) is 63.7 Å². The normalized spacial score (nSPS) is 11.1. The maximum atomic E-state index is 11.8. The Balaban J connectivity index is 4.48. The molecule has 0 aliphatic heterocycles. The van der Waals surface area contributed by atoms with E-state index in [-0.39, 0.29) is 18.7 Å². The fourth-order valence-electron chi connectivity index (χ4n) is 1.11. The first-order chi connectivity index (χ1) is 7.47. The predicted octanol–water partition coefficient (Wildman–Crippen LogP) is 0.224. The molecule has 0 aliphatic carbocycles. The third-order valence-corrected chi connectivity index (χ3v) is 3.74. The van der Waals surface area contributed by atoms with Gasteiger partial charge in [0.2, 0.25) is 10.0 Å². The Morgan fingerprint density at radius 3 is 2.56 bits per heavy atom. The van der Waals surface area contributed by atoms with Gasteiger partial charge in [0.05, 0.1) is 25.8 Å². The number of carbonyl (C=O) groups excluding carboxylic acids is 1. The predicted molar refractivity (Wildman–Crippen MR) is 61.1 cm³/mol. The van der Waals surface area contributed by atoms with Gasteiger partial charge < -0.3 is 4.74 Å². The van der Waals surface area contributed by atoms with Crippen LogP contribution in [0.2, 0.25) is 0 Å². The summed E-state index contributed by atoms with van der Waals surface area (Å²) < 4.78 is 29.1. The van der Waals surface area contributed by atoms with Crippen LogP contribution in [0.4, 0.5) is 0 Å². The van der Waals surface area contributed by atoms with Crippen LogP contribution in [0.1, 0.15) is 19.8 Å². The van der Waals surface area contributed by atoms with Gasteiger partial charge in [0.1, 0.15) is 0 Å². The molecule has 0 unspecified atom stereocenters. The number of esters is 1. The first-order valence-corrected chi connectivity index (χ1v) is 6.57. The van der Waals surface area contributed by atoms with E-state index in [1.54, 1.807) is 0 Å². The highest BCUT2D eigenvalue weighted by Crippen LogP contribution is 2.04. The highest BCUT2D eigenvalue weighted by atomic mass is 32.2. The van der Waals surface area contributed by atoms with Crippen LogP contribution in [0.5, 0.6) is 0 Å². The van der Waals surface area contributed by atoms with Crippen LogP contribution < -0.4 is 0 Å². The summed E-state index contributed by atoms with van der Waals surface area (Å²) in [6, 6.07) is 0. The van der Waals surface area contributed by atoms with Crippen molar-refractivity contribution in [3.63, 3.8) is 0 Å². The number of carbonyl (C=O) groups is 1. The summed E-state index contributed by atoms with van der Waals surface area (Å²) in [4.78, 5) is 10.9. The van der Waals surface area contributed by atoms with Gasteiger partial charge in [-0.15, -0.1) is 6.42 Å². The van der Waals surface area contributed by atoms with Crippen molar-refractivity contribution in [2.24, 2.45) is 0 Å². The van der Waals surface area contributed by atoms with E-state index in [9.17, 15) is 13.2 Å². The zero-order valence-electron chi connectivity index (χ0n) is 9.60. The van der Waals surface area contributed by atoms with Crippen LogP contribution in [0.15, 0.2) is 0 Å². The summed E-state index contributed by atoms with van der Waals surface area (Å²) in [6.45, 7) is 2.27. The third kappa shape index (κ3) is 5.14. The van der Waals surface area contributed by atoms with Crippen molar-refractivity contribution in [3.05, 3.63) is 0 Å². The molecule has 5 nitrogen and oxygen atoms in total. The Labute approximate surface area is 96.8 Å². The van der Waals surface area contributed by atoms with E-state index in [1.807, 2.05) is 6.92 Å². The van der Waals surface area contributed by atoms with Crippen molar-refractivity contribution in [2.75, 3.05) is 26.0 Å². The summed E-state index contributed by atoms with van der Waals surface area (Å²) in [5.41, 5.74) is 0. The van der Waals surface area contributed by atoms with Gasteiger partial charge in [0.15, 0.2) is 0 Å². The first kappa shape index (κ1) is 14.9. The summed E-state index contributed by atoms with van der Waals surface area (Å²) in [5.74, 6) is 1.49. The van der Waals surface area contributed by atoms with Gasteiger partial charge in [-0.25, -0.2) is 8.42 Å². The fraction of sp³-hybridized carbons (Fsp3) is 0.700. The van der Waals surface area contributed by atoms with Crippen molar-refractivity contribution in [1.82, 2.24) is 4.31 Å². The lowest BCUT2D eigenvalue weighted by Gasteiger charge is -2.18. The summed E-state index contributed by atoms with van der Waals surface area (Å²) in [7, 11) is -2.24. The number of sulfonamides is 1. The van der Waals surface area contributed by atoms with Crippen molar-refractivity contribution in [1.29, 1.82) is 0 Å². The number of terminal acetylenes is 1. The standard InChI is InChI=1S/C10H17NO4S/c1-4-7-11(8-5-2)16(13,14)9-6-10(12)15-3/h1H,5-9H2,2-3H3. The number of methoxy groups -OCH3 is 1. The molecule has 0 rings (SSSR count). The lowest BCUT2D eigenvalue weighted by atomic mass is 10.5. The minimum atomic E-state index is -3.46. The minimum Gasteiger partial charge on any atom is -0.469 e. The average Bonchev–Trinajstić information content (AvgIpc) is 2.25. The zero-order valence-corrected chi connectivity index (χ0v) is 10.4. The van der Waals surface area contributed by atoms with Gasteiger partial charge in [-0.05, 0) is 6.42 Å². The van der Waals surface area contributed by atoms with Crippen molar-refractivity contribution >= 4 is 16.0 Å². The monoisotopic (exact) mass is 247 g/mol. The number of ether oxygens (including phenoxy) is 1. The minimum absolute atomic E-state index is 0.0390. The first-order valence-electron chi connectivity index (χ1n) is 4.96. The Morgan fingerprint density at radius 1 is 1.50 bits per heavy atom. The second kappa shape index (κ2) is 7.25. The van der Waals surface area contributed by atoms with Crippen LogP contribution >= 0.6 is 0 Å². The maximum absolute atomic E-state index is 11.8. The average molecular weight is 247 g/mol. The highest BCUT2D eigenvalue weighted by Gasteiger charge is 2.21. The van der Waals surface area contributed by atoms with Crippen molar-refractivity contribution in [2.45, 2.75) is 19.8 Å². The molecule has 0 bridgehead atoms. The molecule has 92 valence electrons. The van der Waals surface area contributed by atoms with E-state index >= 15 is 0 Å². The number of rotatable bonds is 7. The summed E-state index contributed by atoms with van der Waals surface area (Å²) >= 11 is 0. The quantitative estimate of drug-likeness (QED) is 0.477. The number of hydrogen-bond acceptors (Lipinski definition) is 4. The largest absolute Gasteiger partial charge is 0.469 e. The van der Waals surface area contributed by atoms with E-state index in [0.29, 0.717) is 13.0 Å². The molecule has 16 heavy (non-hydrogen) atoms. The van der Waals surface area contributed by atoms with E-state index < -0.39 is 16.0 Å². The molecule has 0 aromatic heterocycles. The molecule has 0 aromatic rings. The summed E-state index contributed by atoms with van der Waals surface area (Å²) in [6.07, 6.45) is 5.62. The molecule has 0 aromatic carbocycles. The highest BCUT2D eigenvalue weighted by molar-refractivity contribution is 7.89. The Bertz CT molecular complexity index is 356. The molecule has 0 atom stereocenters. The van der Waals surface area contributed by atoms with Gasteiger partial charge in [-0.3, -0.25) is 4.79 Å². The van der Waals surface area contributed by atoms with Gasteiger partial charge in [-0.1, -0.05) is 12.8 Å². The molecular weight excluding hydrogens is 230 g/mol. The fourth-order valence-corrected chi connectivity index (χ4v) is 2.53. The smallest absolute Gasteiger partial charge is 0.306 e. The SMILES string of the molecule is C#CCN(CCC)S(=O)(=O)CCC(=O)OC. The van der Waals surface area contributed by atoms with Gasteiger partial charge in [-0.2, -0.15) is 4.31 Å². The van der Waals surface area contributed by atoms with E-state index in [2.05, 4.69) is 10.7 Å². The molecule has 0 aliphatic rings. The molecule has 0 saturated carbocycles. The Hall–Kier alpha value is -1.06. The van der Waals surface area contributed by atoms with Crippen LogP contribution in [0.25, 0.3) is 0 Å². The molecule has 0 heterocycles. The molecule has 0 radical (unpaired) electrons. The maximum Gasteiger partial charge on any atom is 0.306 e.